The number of methoxy groups -OCH3 is 1. The molecule has 3 heterocycles. The molecule has 1 aliphatic heterocycles. The van der Waals surface area contributed by atoms with E-state index in [0.29, 0.717) is 5.92 Å². The molecule has 4 aromatic rings. The van der Waals surface area contributed by atoms with Gasteiger partial charge in [0.25, 0.3) is 0 Å². The minimum atomic E-state index is -0.816. The summed E-state index contributed by atoms with van der Waals surface area (Å²) < 4.78 is 15.0. The van der Waals surface area contributed by atoms with Gasteiger partial charge in [-0.25, -0.2) is 9.67 Å². The Hall–Kier alpha value is -3.52. The van der Waals surface area contributed by atoms with Gasteiger partial charge in [-0.05, 0) is 86.8 Å². The molecule has 2 aromatic carbocycles. The van der Waals surface area contributed by atoms with E-state index in [2.05, 4.69) is 59.2 Å². The normalized spacial score (nSPS) is 17.1. The zero-order valence-corrected chi connectivity index (χ0v) is 24.6. The maximum absolute atomic E-state index is 13.2. The molecule has 40 heavy (non-hydrogen) atoms. The van der Waals surface area contributed by atoms with Crippen molar-refractivity contribution in [3.63, 3.8) is 0 Å². The number of hydrogen-bond donors (Lipinski definition) is 0. The fourth-order valence-corrected chi connectivity index (χ4v) is 6.26. The lowest BCUT2D eigenvalue weighted by atomic mass is 9.69. The summed E-state index contributed by atoms with van der Waals surface area (Å²) in [7, 11) is 3.35. The van der Waals surface area contributed by atoms with Gasteiger partial charge in [-0.1, -0.05) is 29.5 Å². The molecule has 8 nitrogen and oxygen atoms in total. The maximum Gasteiger partial charge on any atom is 0.312 e. The highest BCUT2D eigenvalue weighted by molar-refractivity contribution is 5.82. The average Bonchev–Trinajstić information content (AvgIpc) is 3.44. The van der Waals surface area contributed by atoms with Crippen LogP contribution in [0.4, 0.5) is 0 Å². The second kappa shape index (κ2) is 11.5. The van der Waals surface area contributed by atoms with Gasteiger partial charge in [-0.2, -0.15) is 0 Å². The lowest BCUT2D eigenvalue weighted by Gasteiger charge is -2.34. The third-order valence-electron chi connectivity index (χ3n) is 8.71. The molecule has 0 bridgehead atoms. The summed E-state index contributed by atoms with van der Waals surface area (Å²) in [6.45, 7) is 10.6. The number of imidazole rings is 1. The molecular formula is C32H41N5O3. The van der Waals surface area contributed by atoms with Crippen molar-refractivity contribution in [2.45, 2.75) is 65.8 Å². The fourth-order valence-electron chi connectivity index (χ4n) is 6.26. The van der Waals surface area contributed by atoms with Crippen molar-refractivity contribution in [1.82, 2.24) is 24.5 Å². The minimum absolute atomic E-state index is 0.237. The minimum Gasteiger partial charge on any atom is -0.469 e. The van der Waals surface area contributed by atoms with Crippen molar-refractivity contribution in [2.75, 3.05) is 20.3 Å². The van der Waals surface area contributed by atoms with Crippen LogP contribution in [0.5, 0.6) is 0 Å². The van der Waals surface area contributed by atoms with Crippen molar-refractivity contribution in [3.05, 3.63) is 76.4 Å². The second-order valence-corrected chi connectivity index (χ2v) is 11.8. The Bertz CT molecular complexity index is 1490. The Morgan fingerprint density at radius 2 is 2.00 bits per heavy atom. The van der Waals surface area contributed by atoms with Crippen LogP contribution < -0.4 is 0 Å². The summed E-state index contributed by atoms with van der Waals surface area (Å²) in [5.74, 6) is 1.23. The van der Waals surface area contributed by atoms with E-state index in [9.17, 15) is 4.79 Å². The van der Waals surface area contributed by atoms with Gasteiger partial charge < -0.3 is 14.0 Å². The van der Waals surface area contributed by atoms with Crippen LogP contribution in [0, 0.1) is 25.2 Å². The monoisotopic (exact) mass is 543 g/mol. The number of fused-ring (bicyclic) bond motifs is 1. The van der Waals surface area contributed by atoms with Crippen LogP contribution in [-0.4, -0.2) is 50.8 Å². The van der Waals surface area contributed by atoms with Gasteiger partial charge in [0.05, 0.1) is 18.0 Å². The molecule has 0 spiro atoms. The Morgan fingerprint density at radius 3 is 2.80 bits per heavy atom. The first kappa shape index (κ1) is 28.0. The van der Waals surface area contributed by atoms with E-state index in [1.165, 1.54) is 24.7 Å². The molecule has 0 N–H and O–H groups in total. The molecule has 0 saturated carbocycles. The van der Waals surface area contributed by atoms with Crippen LogP contribution in [0.15, 0.2) is 42.7 Å². The standard InChI is InChI=1S/C32H41N5O3/c1-21-9-10-24(19-25(21)20-37-15-14-33-28(37)18-23-8-7-16-40-17-13-23)29(32(3,4)31(38)39-6)26-11-12-27-30(22(26)2)34-35-36(27)5/h9-12,14-15,19,23,29H,7-8,13,16-18,20H2,1-6H3. The predicted octanol–water partition coefficient (Wildman–Crippen LogP) is 5.52. The molecule has 1 saturated heterocycles. The highest BCUT2D eigenvalue weighted by atomic mass is 16.5. The number of carbonyl (C=O) groups is 1. The number of aromatic nitrogens is 5. The third-order valence-corrected chi connectivity index (χ3v) is 8.71. The van der Waals surface area contributed by atoms with Gasteiger partial charge in [0.1, 0.15) is 11.3 Å². The van der Waals surface area contributed by atoms with Crippen LogP contribution in [0.3, 0.4) is 0 Å². The zero-order valence-electron chi connectivity index (χ0n) is 24.6. The molecule has 0 amide bonds. The van der Waals surface area contributed by atoms with Crippen LogP contribution in [0.1, 0.15) is 72.7 Å². The predicted molar refractivity (Wildman–Crippen MR) is 155 cm³/mol. The Balaban J connectivity index is 1.53. The zero-order chi connectivity index (χ0) is 28.4. The third kappa shape index (κ3) is 5.42. The van der Waals surface area contributed by atoms with Crippen LogP contribution in [0.2, 0.25) is 0 Å². The van der Waals surface area contributed by atoms with E-state index < -0.39 is 5.41 Å². The van der Waals surface area contributed by atoms with Gasteiger partial charge in [-0.15, -0.1) is 5.10 Å². The first-order chi connectivity index (χ1) is 19.2. The van der Waals surface area contributed by atoms with Gasteiger partial charge in [0.15, 0.2) is 0 Å². The van der Waals surface area contributed by atoms with E-state index in [-0.39, 0.29) is 11.9 Å². The van der Waals surface area contributed by atoms with Gasteiger partial charge in [0.2, 0.25) is 0 Å². The van der Waals surface area contributed by atoms with Gasteiger partial charge >= 0.3 is 5.97 Å². The van der Waals surface area contributed by atoms with E-state index in [1.54, 1.807) is 4.68 Å². The molecule has 5 rings (SSSR count). The molecule has 8 heteroatoms. The largest absolute Gasteiger partial charge is 0.469 e. The maximum atomic E-state index is 13.2. The van der Waals surface area contributed by atoms with E-state index >= 15 is 0 Å². The molecule has 1 fully saturated rings. The van der Waals surface area contributed by atoms with Gasteiger partial charge in [0, 0.05) is 51.5 Å². The fraction of sp³-hybridized carbons (Fsp3) is 0.500. The number of esters is 1. The van der Waals surface area contributed by atoms with E-state index in [0.717, 1.165) is 72.6 Å². The Morgan fingerprint density at radius 1 is 1.18 bits per heavy atom. The summed E-state index contributed by atoms with van der Waals surface area (Å²) in [6, 6.07) is 10.7. The van der Waals surface area contributed by atoms with Crippen LogP contribution in [-0.2, 0) is 34.3 Å². The molecule has 1 aliphatic rings. The summed E-state index contributed by atoms with van der Waals surface area (Å²) in [4.78, 5) is 17.9. The first-order valence-corrected chi connectivity index (χ1v) is 14.2. The first-order valence-electron chi connectivity index (χ1n) is 14.2. The number of hydrogen-bond acceptors (Lipinski definition) is 6. The van der Waals surface area contributed by atoms with E-state index in [1.807, 2.05) is 33.2 Å². The quantitative estimate of drug-likeness (QED) is 0.272. The lowest BCUT2D eigenvalue weighted by Crippen LogP contribution is -2.34. The van der Waals surface area contributed by atoms with Crippen molar-refractivity contribution < 1.29 is 14.3 Å². The van der Waals surface area contributed by atoms with Gasteiger partial charge in [-0.3, -0.25) is 4.79 Å². The van der Waals surface area contributed by atoms with Crippen molar-refractivity contribution >= 4 is 17.0 Å². The molecular weight excluding hydrogens is 502 g/mol. The summed E-state index contributed by atoms with van der Waals surface area (Å²) >= 11 is 0. The molecule has 2 atom stereocenters. The smallest absolute Gasteiger partial charge is 0.312 e. The van der Waals surface area contributed by atoms with Crippen molar-refractivity contribution in [2.24, 2.45) is 18.4 Å². The number of benzene rings is 2. The van der Waals surface area contributed by atoms with E-state index in [4.69, 9.17) is 14.5 Å². The highest BCUT2D eigenvalue weighted by Gasteiger charge is 2.41. The molecule has 2 aromatic heterocycles. The Kier molecular flexibility index (Phi) is 8.08. The average molecular weight is 544 g/mol. The molecule has 0 radical (unpaired) electrons. The second-order valence-electron chi connectivity index (χ2n) is 11.8. The molecule has 2 unspecified atom stereocenters. The summed E-state index contributed by atoms with van der Waals surface area (Å²) in [5, 5.41) is 8.65. The number of nitrogens with zero attached hydrogens (tertiary/aromatic N) is 5. The SMILES string of the molecule is COC(=O)C(C)(C)C(c1ccc(C)c(Cn2ccnc2CC2CCCOCC2)c1)c1ccc2c(nnn2C)c1C. The summed E-state index contributed by atoms with van der Waals surface area (Å²) in [5.41, 5.74) is 6.58. The number of rotatable bonds is 8. The number of aryl methyl sites for hydroxylation is 3. The van der Waals surface area contributed by atoms with Crippen molar-refractivity contribution in [1.29, 1.82) is 0 Å². The lowest BCUT2D eigenvalue weighted by molar-refractivity contribution is -0.151. The molecule has 212 valence electrons. The highest BCUT2D eigenvalue weighted by Crippen LogP contribution is 2.44. The topological polar surface area (TPSA) is 84.1 Å². The molecule has 0 aliphatic carbocycles. The van der Waals surface area contributed by atoms with Crippen molar-refractivity contribution in [3.8, 4) is 0 Å². The van der Waals surface area contributed by atoms with Crippen LogP contribution >= 0.6 is 0 Å². The summed E-state index contributed by atoms with van der Waals surface area (Å²) in [6.07, 6.45) is 8.33. The number of carbonyl (C=O) groups excluding carboxylic acids is 1. The Labute approximate surface area is 236 Å². The van der Waals surface area contributed by atoms with Crippen LogP contribution in [0.25, 0.3) is 11.0 Å². The number of ether oxygens (including phenoxy) is 2.